The van der Waals surface area contributed by atoms with E-state index in [1.54, 1.807) is 0 Å². The van der Waals surface area contributed by atoms with E-state index in [0.717, 1.165) is 30.4 Å². The van der Waals surface area contributed by atoms with Crippen LogP contribution in [-0.2, 0) is 9.53 Å². The Hall–Kier alpha value is -1.40. The Bertz CT molecular complexity index is 759. The van der Waals surface area contributed by atoms with Gasteiger partial charge in [0.1, 0.15) is 6.61 Å². The van der Waals surface area contributed by atoms with Crippen LogP contribution in [0.4, 0.5) is 0 Å². The Balaban J connectivity index is 1.51. The lowest BCUT2D eigenvalue weighted by Crippen LogP contribution is -2.18. The molecule has 0 saturated heterocycles. The number of ether oxygens (including phenoxy) is 1. The maximum atomic E-state index is 11.5. The predicted octanol–water partition coefficient (Wildman–Crippen LogP) is 5.41. The van der Waals surface area contributed by atoms with Gasteiger partial charge in [0.2, 0.25) is 0 Å². The van der Waals surface area contributed by atoms with Crippen molar-refractivity contribution in [1.82, 2.24) is 0 Å². The van der Waals surface area contributed by atoms with Crippen LogP contribution in [-0.4, -0.2) is 46.0 Å². The SMILES string of the molecule is O=C(CCCC=CC[C@@H]1[C@@H](c2ccc(C(O)CC3CCCCC3)cc2)[C@H](O)C[C@H]1Cl)OCCO. The summed E-state index contributed by atoms with van der Waals surface area (Å²) >= 11 is 6.62. The third-order valence-electron chi connectivity index (χ3n) is 7.48. The van der Waals surface area contributed by atoms with Gasteiger partial charge in [0.25, 0.3) is 0 Å². The first-order chi connectivity index (χ1) is 16.5. The van der Waals surface area contributed by atoms with Gasteiger partial charge in [0, 0.05) is 17.7 Å². The molecule has 2 fully saturated rings. The van der Waals surface area contributed by atoms with Gasteiger partial charge < -0.3 is 20.1 Å². The van der Waals surface area contributed by atoms with E-state index in [-0.39, 0.29) is 36.4 Å². The smallest absolute Gasteiger partial charge is 0.305 e. The van der Waals surface area contributed by atoms with Crippen LogP contribution in [0.25, 0.3) is 0 Å². The van der Waals surface area contributed by atoms with Crippen molar-refractivity contribution in [3.8, 4) is 0 Å². The number of hydrogen-bond donors (Lipinski definition) is 3. The van der Waals surface area contributed by atoms with Crippen LogP contribution in [0.2, 0.25) is 0 Å². The van der Waals surface area contributed by atoms with Crippen LogP contribution in [0.15, 0.2) is 36.4 Å². The number of alkyl halides is 1. The summed E-state index contributed by atoms with van der Waals surface area (Å²) in [6.45, 7) is -0.0962. The van der Waals surface area contributed by atoms with Crippen LogP contribution in [0.3, 0.4) is 0 Å². The molecule has 0 amide bonds. The van der Waals surface area contributed by atoms with Crippen LogP contribution in [0, 0.1) is 11.8 Å². The topological polar surface area (TPSA) is 87.0 Å². The van der Waals surface area contributed by atoms with Crippen molar-refractivity contribution in [2.75, 3.05) is 13.2 Å². The standard InChI is InChI=1S/C28H41ClO5/c29-24-19-26(32)28(23(24)10-6-1-2-7-11-27(33)34-17-16-30)22-14-12-21(13-15-22)25(31)18-20-8-4-3-5-9-20/h1,6,12-15,20,23-26,28,30-32H,2-5,7-11,16-19H2/t23-,24+,25?,26+,28+/m0/s1. The monoisotopic (exact) mass is 492 g/mol. The maximum Gasteiger partial charge on any atom is 0.305 e. The number of benzene rings is 1. The maximum absolute atomic E-state index is 11.5. The highest BCUT2D eigenvalue weighted by Gasteiger charge is 2.41. The van der Waals surface area contributed by atoms with Crippen molar-refractivity contribution in [3.05, 3.63) is 47.5 Å². The highest BCUT2D eigenvalue weighted by molar-refractivity contribution is 6.21. The predicted molar refractivity (Wildman–Crippen MR) is 135 cm³/mol. The molecule has 3 rings (SSSR count). The van der Waals surface area contributed by atoms with E-state index in [1.165, 1.54) is 32.1 Å². The van der Waals surface area contributed by atoms with Gasteiger partial charge in [-0.05, 0) is 55.1 Å². The van der Waals surface area contributed by atoms with E-state index in [9.17, 15) is 15.0 Å². The van der Waals surface area contributed by atoms with Gasteiger partial charge in [-0.3, -0.25) is 4.79 Å². The van der Waals surface area contributed by atoms with E-state index in [2.05, 4.69) is 24.3 Å². The average Bonchev–Trinajstić information content (AvgIpc) is 3.13. The molecule has 2 saturated carbocycles. The molecule has 2 aliphatic carbocycles. The van der Waals surface area contributed by atoms with E-state index in [4.69, 9.17) is 21.4 Å². The summed E-state index contributed by atoms with van der Waals surface area (Å²) in [5.41, 5.74) is 2.03. The Morgan fingerprint density at radius 3 is 2.59 bits per heavy atom. The molecule has 2 aliphatic rings. The molecule has 6 heteroatoms. The molecule has 0 aromatic heterocycles. The molecule has 3 N–H and O–H groups in total. The zero-order valence-corrected chi connectivity index (χ0v) is 20.9. The number of esters is 1. The minimum atomic E-state index is -0.472. The molecule has 0 bridgehead atoms. The summed E-state index contributed by atoms with van der Waals surface area (Å²) in [5, 5.41) is 30.0. The zero-order chi connectivity index (χ0) is 24.3. The van der Waals surface area contributed by atoms with Gasteiger partial charge in [-0.25, -0.2) is 0 Å². The lowest BCUT2D eigenvalue weighted by molar-refractivity contribution is -0.144. The number of allylic oxidation sites excluding steroid dienone is 2. The summed E-state index contributed by atoms with van der Waals surface area (Å²) < 4.78 is 4.85. The third kappa shape index (κ3) is 8.08. The van der Waals surface area contributed by atoms with Crippen LogP contribution in [0.5, 0.6) is 0 Å². The van der Waals surface area contributed by atoms with Crippen LogP contribution in [0.1, 0.15) is 93.8 Å². The lowest BCUT2D eigenvalue weighted by atomic mass is 9.83. The van der Waals surface area contributed by atoms with E-state index in [1.807, 2.05) is 12.1 Å². The zero-order valence-electron chi connectivity index (χ0n) is 20.2. The largest absolute Gasteiger partial charge is 0.463 e. The minimum Gasteiger partial charge on any atom is -0.463 e. The summed E-state index contributed by atoms with van der Waals surface area (Å²) in [4.78, 5) is 11.5. The van der Waals surface area contributed by atoms with Gasteiger partial charge in [-0.15, -0.1) is 11.6 Å². The van der Waals surface area contributed by atoms with Crippen molar-refractivity contribution in [1.29, 1.82) is 0 Å². The molecule has 1 aromatic rings. The first kappa shape index (κ1) is 27.2. The highest BCUT2D eigenvalue weighted by atomic mass is 35.5. The molecule has 1 aromatic carbocycles. The number of hydrogen-bond acceptors (Lipinski definition) is 5. The molecule has 0 heterocycles. The first-order valence-corrected chi connectivity index (χ1v) is 13.4. The number of unbranched alkanes of at least 4 members (excludes halogenated alkanes) is 1. The van der Waals surface area contributed by atoms with E-state index in [0.29, 0.717) is 25.2 Å². The molecular weight excluding hydrogens is 452 g/mol. The Kier molecular flexibility index (Phi) is 11.4. The Labute approximate surface area is 209 Å². The Morgan fingerprint density at radius 2 is 1.88 bits per heavy atom. The molecule has 34 heavy (non-hydrogen) atoms. The molecule has 0 aliphatic heterocycles. The second kappa shape index (κ2) is 14.2. The molecule has 1 unspecified atom stereocenters. The number of carbonyl (C=O) groups excluding carboxylic acids is 1. The minimum absolute atomic E-state index is 0.0230. The van der Waals surface area contributed by atoms with E-state index < -0.39 is 12.2 Å². The fraction of sp³-hybridized carbons (Fsp3) is 0.679. The number of aliphatic hydroxyl groups is 3. The lowest BCUT2D eigenvalue weighted by Gasteiger charge is -2.25. The second-order valence-corrected chi connectivity index (χ2v) is 10.5. The molecule has 190 valence electrons. The summed E-state index contributed by atoms with van der Waals surface area (Å²) in [5.74, 6) is 0.458. The molecule has 0 spiro atoms. The first-order valence-electron chi connectivity index (χ1n) is 13.0. The van der Waals surface area contributed by atoms with Gasteiger partial charge in [-0.1, -0.05) is 68.5 Å². The molecule has 5 nitrogen and oxygen atoms in total. The van der Waals surface area contributed by atoms with Gasteiger partial charge in [0.05, 0.1) is 18.8 Å². The molecular formula is C28H41ClO5. The summed E-state index contributed by atoms with van der Waals surface area (Å²) in [6, 6.07) is 8.13. The third-order valence-corrected chi connectivity index (χ3v) is 7.98. The molecule has 5 atom stereocenters. The number of rotatable bonds is 12. The van der Waals surface area contributed by atoms with E-state index >= 15 is 0 Å². The normalized spacial score (nSPS) is 26.7. The molecule has 0 radical (unpaired) electrons. The summed E-state index contributed by atoms with van der Waals surface area (Å²) in [7, 11) is 0. The van der Waals surface area contributed by atoms with Crippen molar-refractivity contribution in [2.24, 2.45) is 11.8 Å². The Morgan fingerprint density at radius 1 is 1.15 bits per heavy atom. The van der Waals surface area contributed by atoms with Crippen LogP contribution < -0.4 is 0 Å². The summed E-state index contributed by atoms with van der Waals surface area (Å²) in [6.07, 6.45) is 13.6. The quantitative estimate of drug-likeness (QED) is 0.157. The van der Waals surface area contributed by atoms with Gasteiger partial charge in [-0.2, -0.15) is 0 Å². The highest BCUT2D eigenvalue weighted by Crippen LogP contribution is 2.45. The van der Waals surface area contributed by atoms with Crippen LogP contribution >= 0.6 is 11.6 Å². The fourth-order valence-corrected chi connectivity index (χ4v) is 6.05. The average molecular weight is 493 g/mol. The van der Waals surface area contributed by atoms with Crippen molar-refractivity contribution in [3.63, 3.8) is 0 Å². The number of carbonyl (C=O) groups is 1. The van der Waals surface area contributed by atoms with Crippen molar-refractivity contribution in [2.45, 2.75) is 94.1 Å². The number of halogens is 1. The van der Waals surface area contributed by atoms with Gasteiger partial charge >= 0.3 is 5.97 Å². The van der Waals surface area contributed by atoms with Gasteiger partial charge in [0.15, 0.2) is 0 Å². The van der Waals surface area contributed by atoms with Crippen molar-refractivity contribution < 1.29 is 24.9 Å². The second-order valence-electron chi connectivity index (χ2n) is 9.97. The number of aliphatic hydroxyl groups excluding tert-OH is 3. The van der Waals surface area contributed by atoms with Crippen molar-refractivity contribution >= 4 is 17.6 Å². The fourth-order valence-electron chi connectivity index (χ4n) is 5.61.